The van der Waals surface area contributed by atoms with Crippen LogP contribution in [0.3, 0.4) is 0 Å². The molecule has 0 atom stereocenters. The van der Waals surface area contributed by atoms with E-state index in [-0.39, 0.29) is 5.78 Å². The van der Waals surface area contributed by atoms with Crippen molar-refractivity contribution < 1.29 is 4.79 Å². The van der Waals surface area contributed by atoms with E-state index in [1.807, 2.05) is 24.3 Å². The van der Waals surface area contributed by atoms with Crippen LogP contribution in [0.4, 0.5) is 0 Å². The minimum atomic E-state index is 0.264. The summed E-state index contributed by atoms with van der Waals surface area (Å²) in [6.45, 7) is 4.13. The molecule has 0 heterocycles. The van der Waals surface area contributed by atoms with Gasteiger partial charge < -0.3 is 0 Å². The summed E-state index contributed by atoms with van der Waals surface area (Å²) in [7, 11) is 0. The highest BCUT2D eigenvalue weighted by atomic mass is 79.9. The molecule has 104 valence electrons. The second kappa shape index (κ2) is 7.09. The minimum Gasteiger partial charge on any atom is -0.298 e. The molecule has 0 aliphatic carbocycles. The molecular weight excluding hydrogens is 332 g/mol. The molecule has 2 rings (SSSR count). The van der Waals surface area contributed by atoms with Crippen LogP contribution in [0, 0.1) is 13.8 Å². The van der Waals surface area contributed by atoms with E-state index >= 15 is 0 Å². The van der Waals surface area contributed by atoms with Crippen LogP contribution >= 0.6 is 27.7 Å². The molecule has 0 aromatic heterocycles. The fourth-order valence-corrected chi connectivity index (χ4v) is 3.54. The predicted molar refractivity (Wildman–Crippen MR) is 89.5 cm³/mol. The number of halogens is 1. The van der Waals surface area contributed by atoms with Gasteiger partial charge in [0, 0.05) is 15.8 Å². The Kier molecular flexibility index (Phi) is 5.44. The number of hydrogen-bond acceptors (Lipinski definition) is 2. The largest absolute Gasteiger partial charge is 0.298 e. The van der Waals surface area contributed by atoms with Crippen LogP contribution in [-0.2, 0) is 11.2 Å². The van der Waals surface area contributed by atoms with E-state index in [0.717, 1.165) is 14.9 Å². The molecule has 0 saturated heterocycles. The Balaban J connectivity index is 1.92. The summed E-state index contributed by atoms with van der Waals surface area (Å²) >= 11 is 5.03. The molecule has 1 nitrogen and oxygen atoms in total. The molecule has 2 aromatic carbocycles. The summed E-state index contributed by atoms with van der Waals surface area (Å²) in [5.41, 5.74) is 3.54. The lowest BCUT2D eigenvalue weighted by molar-refractivity contribution is -0.116. The van der Waals surface area contributed by atoms with Crippen LogP contribution < -0.4 is 0 Å². The van der Waals surface area contributed by atoms with Gasteiger partial charge in [-0.25, -0.2) is 0 Å². The third-order valence-corrected chi connectivity index (χ3v) is 4.43. The number of ketones is 1. The molecular formula is C17H17BrOS. The molecule has 0 radical (unpaired) electrons. The zero-order valence-corrected chi connectivity index (χ0v) is 14.1. The van der Waals surface area contributed by atoms with Crippen LogP contribution in [0.5, 0.6) is 0 Å². The number of hydrogen-bond donors (Lipinski definition) is 0. The number of thioether (sulfide) groups is 1. The lowest BCUT2D eigenvalue weighted by Crippen LogP contribution is -2.06. The first-order valence-electron chi connectivity index (χ1n) is 6.50. The first-order chi connectivity index (χ1) is 9.52. The smallest absolute Gasteiger partial charge is 0.147 e. The van der Waals surface area contributed by atoms with Crippen LogP contribution in [0.15, 0.2) is 51.8 Å². The van der Waals surface area contributed by atoms with E-state index in [9.17, 15) is 4.79 Å². The number of Topliss-reactive ketones (excluding diaryl/α,β-unsaturated/α-hetero) is 1. The molecule has 0 amide bonds. The van der Waals surface area contributed by atoms with Crippen molar-refractivity contribution in [2.75, 3.05) is 5.75 Å². The second-order valence-corrected chi connectivity index (χ2v) is 6.92. The number of rotatable bonds is 5. The first kappa shape index (κ1) is 15.3. The minimum absolute atomic E-state index is 0.264. The van der Waals surface area contributed by atoms with Gasteiger partial charge >= 0.3 is 0 Å². The van der Waals surface area contributed by atoms with Gasteiger partial charge in [-0.3, -0.25) is 4.79 Å². The molecule has 0 saturated carbocycles. The number of benzene rings is 2. The quantitative estimate of drug-likeness (QED) is 0.709. The highest BCUT2D eigenvalue weighted by Crippen LogP contribution is 2.22. The van der Waals surface area contributed by atoms with Crippen LogP contribution in [-0.4, -0.2) is 11.5 Å². The van der Waals surface area contributed by atoms with Gasteiger partial charge in [0.2, 0.25) is 0 Å². The Morgan fingerprint density at radius 1 is 1.10 bits per heavy atom. The third-order valence-electron chi connectivity index (χ3n) is 2.88. The summed E-state index contributed by atoms with van der Waals surface area (Å²) in [5, 5.41) is 0. The van der Waals surface area contributed by atoms with Crippen LogP contribution in [0.25, 0.3) is 0 Å². The van der Waals surface area contributed by atoms with Crippen molar-refractivity contribution in [1.82, 2.24) is 0 Å². The van der Waals surface area contributed by atoms with Crippen molar-refractivity contribution in [2.45, 2.75) is 25.2 Å². The Morgan fingerprint density at radius 3 is 2.45 bits per heavy atom. The topological polar surface area (TPSA) is 17.1 Å². The van der Waals surface area contributed by atoms with Crippen molar-refractivity contribution in [3.05, 3.63) is 63.6 Å². The Morgan fingerprint density at radius 2 is 1.80 bits per heavy atom. The Bertz CT molecular complexity index is 602. The van der Waals surface area contributed by atoms with Gasteiger partial charge in [0.05, 0.1) is 5.75 Å². The summed E-state index contributed by atoms with van der Waals surface area (Å²) in [6, 6.07) is 14.4. The second-order valence-electron chi connectivity index (χ2n) is 4.96. The third kappa shape index (κ3) is 4.80. The average Bonchev–Trinajstić information content (AvgIpc) is 2.35. The molecule has 0 unspecified atom stereocenters. The number of carbonyl (C=O) groups excluding carboxylic acids is 1. The van der Waals surface area contributed by atoms with Crippen molar-refractivity contribution in [1.29, 1.82) is 0 Å². The number of carbonyl (C=O) groups is 1. The maximum absolute atomic E-state index is 12.1. The zero-order valence-electron chi connectivity index (χ0n) is 11.7. The average molecular weight is 349 g/mol. The van der Waals surface area contributed by atoms with Crippen LogP contribution in [0.1, 0.15) is 16.7 Å². The molecule has 0 spiro atoms. The normalized spacial score (nSPS) is 10.6. The number of aryl methyl sites for hydroxylation is 2. The van der Waals surface area contributed by atoms with E-state index in [0.29, 0.717) is 12.2 Å². The highest BCUT2D eigenvalue weighted by molar-refractivity contribution is 9.10. The van der Waals surface area contributed by atoms with Crippen molar-refractivity contribution in [2.24, 2.45) is 0 Å². The lowest BCUT2D eigenvalue weighted by atomic mass is 10.0. The van der Waals surface area contributed by atoms with Gasteiger partial charge in [0.1, 0.15) is 5.78 Å². The summed E-state index contributed by atoms with van der Waals surface area (Å²) in [4.78, 5) is 13.2. The van der Waals surface area contributed by atoms with Crippen LogP contribution in [0.2, 0.25) is 0 Å². The van der Waals surface area contributed by atoms with Gasteiger partial charge in [-0.15, -0.1) is 11.8 Å². The monoisotopic (exact) mass is 348 g/mol. The van der Waals surface area contributed by atoms with E-state index in [4.69, 9.17) is 0 Å². The fraction of sp³-hybridized carbons (Fsp3) is 0.235. The zero-order chi connectivity index (χ0) is 14.5. The van der Waals surface area contributed by atoms with E-state index in [1.165, 1.54) is 11.1 Å². The van der Waals surface area contributed by atoms with Crippen molar-refractivity contribution in [3.8, 4) is 0 Å². The van der Waals surface area contributed by atoms with Gasteiger partial charge in [-0.2, -0.15) is 0 Å². The van der Waals surface area contributed by atoms with E-state index in [2.05, 4.69) is 48.0 Å². The predicted octanol–water partition coefficient (Wildman–Crippen LogP) is 4.97. The molecule has 0 aliphatic rings. The maximum Gasteiger partial charge on any atom is 0.147 e. The van der Waals surface area contributed by atoms with E-state index < -0.39 is 0 Å². The van der Waals surface area contributed by atoms with Gasteiger partial charge in [-0.05, 0) is 37.6 Å². The molecule has 3 heteroatoms. The van der Waals surface area contributed by atoms with Gasteiger partial charge in [0.25, 0.3) is 0 Å². The highest BCUT2D eigenvalue weighted by Gasteiger charge is 2.06. The first-order valence-corrected chi connectivity index (χ1v) is 8.28. The standard InChI is InChI=1S/C17H17BrOS/c1-12-6-13(2)8-14(7-12)9-16(19)11-20-17-5-3-4-15(18)10-17/h3-8,10H,9,11H2,1-2H3. The van der Waals surface area contributed by atoms with Crippen molar-refractivity contribution >= 4 is 33.5 Å². The summed E-state index contributed by atoms with van der Waals surface area (Å²) < 4.78 is 1.05. The van der Waals surface area contributed by atoms with E-state index in [1.54, 1.807) is 11.8 Å². The molecule has 0 fully saturated rings. The Labute approximate surface area is 132 Å². The summed E-state index contributed by atoms with van der Waals surface area (Å²) in [5.74, 6) is 0.781. The maximum atomic E-state index is 12.1. The fourth-order valence-electron chi connectivity index (χ4n) is 2.17. The Hall–Kier alpha value is -1.06. The lowest BCUT2D eigenvalue weighted by Gasteiger charge is -2.05. The molecule has 20 heavy (non-hydrogen) atoms. The van der Waals surface area contributed by atoms with Crippen molar-refractivity contribution in [3.63, 3.8) is 0 Å². The SMILES string of the molecule is Cc1cc(C)cc(CC(=O)CSc2cccc(Br)c2)c1. The molecule has 0 N–H and O–H groups in total. The molecule has 0 bridgehead atoms. The molecule has 2 aromatic rings. The van der Waals surface area contributed by atoms with Gasteiger partial charge in [-0.1, -0.05) is 51.3 Å². The molecule has 0 aliphatic heterocycles. The summed E-state index contributed by atoms with van der Waals surface area (Å²) in [6.07, 6.45) is 0.517. The van der Waals surface area contributed by atoms with Gasteiger partial charge in [0.15, 0.2) is 0 Å².